The highest BCUT2D eigenvalue weighted by molar-refractivity contribution is 5.55. The van der Waals surface area contributed by atoms with Crippen LogP contribution in [0.4, 0.5) is 5.69 Å². The summed E-state index contributed by atoms with van der Waals surface area (Å²) in [5, 5.41) is 12.2. The zero-order valence-electron chi connectivity index (χ0n) is 11.9. The highest BCUT2D eigenvalue weighted by Gasteiger charge is 2.07. The Bertz CT molecular complexity index is 421. The third-order valence-corrected chi connectivity index (χ3v) is 2.77. The molecule has 0 atom stereocenters. The van der Waals surface area contributed by atoms with Gasteiger partial charge in [-0.15, -0.1) is 0 Å². The molecule has 1 rings (SSSR count). The van der Waals surface area contributed by atoms with Gasteiger partial charge in [0.25, 0.3) is 0 Å². The second-order valence-corrected chi connectivity index (χ2v) is 4.20. The number of aryl methyl sites for hydroxylation is 1. The van der Waals surface area contributed by atoms with Crippen molar-refractivity contribution >= 4 is 5.69 Å². The molecule has 0 unspecified atom stereocenters. The zero-order chi connectivity index (χ0) is 14.1. The highest BCUT2D eigenvalue weighted by atomic mass is 16.7. The Labute approximate surface area is 115 Å². The van der Waals surface area contributed by atoms with E-state index in [-0.39, 0.29) is 6.29 Å². The van der Waals surface area contributed by atoms with Crippen LogP contribution in [0.3, 0.4) is 0 Å². The number of benzene rings is 1. The number of nitrogens with zero attached hydrogens (tertiary/aromatic N) is 1. The quantitative estimate of drug-likeness (QED) is 0.731. The summed E-state index contributed by atoms with van der Waals surface area (Å²) in [6.07, 6.45) is 0.611. The molecule has 0 aromatic heterocycles. The first kappa shape index (κ1) is 15.5. The molecular formula is C15H22N2O2. The smallest absolute Gasteiger partial charge is 0.159 e. The molecule has 0 heterocycles. The van der Waals surface area contributed by atoms with Crippen molar-refractivity contribution in [1.82, 2.24) is 0 Å². The van der Waals surface area contributed by atoms with Gasteiger partial charge >= 0.3 is 0 Å². The molecule has 104 valence electrons. The third kappa shape index (κ3) is 5.29. The van der Waals surface area contributed by atoms with Crippen molar-refractivity contribution in [2.75, 3.05) is 25.1 Å². The van der Waals surface area contributed by atoms with Crippen LogP contribution in [0.1, 0.15) is 31.4 Å². The van der Waals surface area contributed by atoms with Crippen LogP contribution in [0, 0.1) is 18.3 Å². The lowest BCUT2D eigenvalue weighted by Crippen LogP contribution is -2.21. The van der Waals surface area contributed by atoms with Gasteiger partial charge < -0.3 is 14.8 Å². The fourth-order valence-electron chi connectivity index (χ4n) is 1.79. The standard InChI is InChI=1S/C15H22N2O2/c1-4-18-15(19-5-2)8-9-17-14-10-13(11-16)7-6-12(14)3/h6-7,10,15,17H,4-5,8-9H2,1-3H3. The van der Waals surface area contributed by atoms with E-state index in [1.54, 1.807) is 0 Å². The van der Waals surface area contributed by atoms with Gasteiger partial charge in [0.1, 0.15) is 0 Å². The summed E-state index contributed by atoms with van der Waals surface area (Å²) in [6, 6.07) is 7.78. The van der Waals surface area contributed by atoms with Gasteiger partial charge in [0.15, 0.2) is 6.29 Å². The van der Waals surface area contributed by atoms with Gasteiger partial charge in [-0.1, -0.05) is 6.07 Å². The Morgan fingerprint density at radius 1 is 1.26 bits per heavy atom. The number of nitrogens with one attached hydrogen (secondary N) is 1. The van der Waals surface area contributed by atoms with Crippen LogP contribution in [-0.4, -0.2) is 26.0 Å². The van der Waals surface area contributed by atoms with E-state index in [0.717, 1.165) is 24.2 Å². The van der Waals surface area contributed by atoms with E-state index in [0.29, 0.717) is 18.8 Å². The van der Waals surface area contributed by atoms with Gasteiger partial charge in [0.2, 0.25) is 0 Å². The number of anilines is 1. The Morgan fingerprint density at radius 2 is 1.95 bits per heavy atom. The minimum absolute atomic E-state index is 0.165. The van der Waals surface area contributed by atoms with Crippen LogP contribution in [0.25, 0.3) is 0 Å². The first-order chi connectivity index (χ1) is 9.21. The molecule has 19 heavy (non-hydrogen) atoms. The van der Waals surface area contributed by atoms with Crippen molar-refractivity contribution in [3.63, 3.8) is 0 Å². The molecule has 0 aliphatic heterocycles. The number of hydrogen-bond acceptors (Lipinski definition) is 4. The SMILES string of the molecule is CCOC(CCNc1cc(C#N)ccc1C)OCC. The lowest BCUT2D eigenvalue weighted by Gasteiger charge is -2.18. The average Bonchev–Trinajstić information content (AvgIpc) is 2.41. The van der Waals surface area contributed by atoms with E-state index in [2.05, 4.69) is 11.4 Å². The summed E-state index contributed by atoms with van der Waals surface area (Å²) in [5.41, 5.74) is 2.79. The Hall–Kier alpha value is -1.57. The molecule has 0 fully saturated rings. The Balaban J connectivity index is 2.49. The molecule has 4 nitrogen and oxygen atoms in total. The molecule has 0 saturated heterocycles. The van der Waals surface area contributed by atoms with Gasteiger partial charge in [-0.05, 0) is 38.5 Å². The van der Waals surface area contributed by atoms with E-state index in [1.807, 2.05) is 39.0 Å². The first-order valence-electron chi connectivity index (χ1n) is 6.69. The molecule has 0 saturated carbocycles. The monoisotopic (exact) mass is 262 g/mol. The van der Waals surface area contributed by atoms with E-state index in [9.17, 15) is 0 Å². The minimum atomic E-state index is -0.165. The average molecular weight is 262 g/mol. The van der Waals surface area contributed by atoms with Gasteiger partial charge in [0.05, 0.1) is 11.6 Å². The topological polar surface area (TPSA) is 54.3 Å². The van der Waals surface area contributed by atoms with Crippen LogP contribution in [0.15, 0.2) is 18.2 Å². The van der Waals surface area contributed by atoms with Crippen molar-refractivity contribution < 1.29 is 9.47 Å². The van der Waals surface area contributed by atoms with E-state index >= 15 is 0 Å². The third-order valence-electron chi connectivity index (χ3n) is 2.77. The lowest BCUT2D eigenvalue weighted by atomic mass is 10.1. The van der Waals surface area contributed by atoms with Crippen LogP contribution >= 0.6 is 0 Å². The molecule has 1 aromatic rings. The number of rotatable bonds is 8. The molecule has 0 bridgehead atoms. The van der Waals surface area contributed by atoms with Crippen molar-refractivity contribution in [1.29, 1.82) is 5.26 Å². The van der Waals surface area contributed by atoms with Gasteiger partial charge in [-0.2, -0.15) is 5.26 Å². The summed E-state index contributed by atoms with van der Waals surface area (Å²) in [4.78, 5) is 0. The van der Waals surface area contributed by atoms with Gasteiger partial charge in [0, 0.05) is 31.9 Å². The van der Waals surface area contributed by atoms with Crippen molar-refractivity contribution in [2.24, 2.45) is 0 Å². The van der Waals surface area contributed by atoms with E-state index < -0.39 is 0 Å². The zero-order valence-corrected chi connectivity index (χ0v) is 11.9. The number of hydrogen-bond donors (Lipinski definition) is 1. The second kappa shape index (κ2) is 8.52. The molecule has 1 aromatic carbocycles. The fraction of sp³-hybridized carbons (Fsp3) is 0.533. The van der Waals surface area contributed by atoms with Gasteiger partial charge in [-0.25, -0.2) is 0 Å². The highest BCUT2D eigenvalue weighted by Crippen LogP contribution is 2.16. The van der Waals surface area contributed by atoms with Crippen LogP contribution in [0.2, 0.25) is 0 Å². The molecular weight excluding hydrogens is 240 g/mol. The van der Waals surface area contributed by atoms with Crippen molar-refractivity contribution in [2.45, 2.75) is 33.5 Å². The van der Waals surface area contributed by atoms with Gasteiger partial charge in [-0.3, -0.25) is 0 Å². The number of ether oxygens (including phenoxy) is 2. The van der Waals surface area contributed by atoms with Crippen LogP contribution in [0.5, 0.6) is 0 Å². The fourth-order valence-corrected chi connectivity index (χ4v) is 1.79. The lowest BCUT2D eigenvalue weighted by molar-refractivity contribution is -0.137. The second-order valence-electron chi connectivity index (χ2n) is 4.20. The minimum Gasteiger partial charge on any atom is -0.385 e. The predicted molar refractivity (Wildman–Crippen MR) is 76.0 cm³/mol. The maximum atomic E-state index is 8.89. The largest absolute Gasteiger partial charge is 0.385 e. The van der Waals surface area contributed by atoms with E-state index in [1.165, 1.54) is 0 Å². The molecule has 0 spiro atoms. The molecule has 4 heteroatoms. The maximum Gasteiger partial charge on any atom is 0.159 e. The molecule has 0 radical (unpaired) electrons. The van der Waals surface area contributed by atoms with Crippen LogP contribution in [-0.2, 0) is 9.47 Å². The summed E-state index contributed by atoms with van der Waals surface area (Å²) in [5.74, 6) is 0. The van der Waals surface area contributed by atoms with Crippen molar-refractivity contribution in [3.8, 4) is 6.07 Å². The predicted octanol–water partition coefficient (Wildman–Crippen LogP) is 3.07. The number of nitriles is 1. The van der Waals surface area contributed by atoms with Crippen molar-refractivity contribution in [3.05, 3.63) is 29.3 Å². The Kier molecular flexibility index (Phi) is 6.94. The molecule has 1 N–H and O–H groups in total. The van der Waals surface area contributed by atoms with Crippen LogP contribution < -0.4 is 5.32 Å². The molecule has 0 aliphatic carbocycles. The molecule has 0 amide bonds. The summed E-state index contributed by atoms with van der Waals surface area (Å²) in [6.45, 7) is 7.98. The summed E-state index contributed by atoms with van der Waals surface area (Å²) in [7, 11) is 0. The van der Waals surface area contributed by atoms with E-state index in [4.69, 9.17) is 14.7 Å². The first-order valence-corrected chi connectivity index (χ1v) is 6.69. The normalized spacial score (nSPS) is 10.5. The Morgan fingerprint density at radius 3 is 2.53 bits per heavy atom. The summed E-state index contributed by atoms with van der Waals surface area (Å²) >= 11 is 0. The summed E-state index contributed by atoms with van der Waals surface area (Å²) < 4.78 is 11.0. The molecule has 0 aliphatic rings. The maximum absolute atomic E-state index is 8.89.